The molecule has 2 rings (SSSR count). The van der Waals surface area contributed by atoms with E-state index in [1.165, 1.54) is 18.7 Å². The van der Waals surface area contributed by atoms with Crippen LogP contribution in [-0.2, 0) is 11.3 Å². The molecule has 0 bridgehead atoms. The number of carbonyl (C=O) groups excluding carboxylic acids is 1. The van der Waals surface area contributed by atoms with Crippen LogP contribution in [0.4, 0.5) is 10.1 Å². The van der Waals surface area contributed by atoms with E-state index in [0.29, 0.717) is 6.54 Å². The van der Waals surface area contributed by atoms with Gasteiger partial charge in [-0.2, -0.15) is 0 Å². The monoisotopic (exact) mass is 358 g/mol. The molecule has 5 heteroatoms. The Bertz CT molecular complexity index is 782. The fourth-order valence-corrected chi connectivity index (χ4v) is 3.04. The number of nitrogens with one attached hydrogen (secondary N) is 1. The third kappa shape index (κ3) is 4.61. The summed E-state index contributed by atoms with van der Waals surface area (Å²) in [5.41, 5.74) is 4.90. The van der Waals surface area contributed by atoms with Crippen LogP contribution in [0.25, 0.3) is 0 Å². The average Bonchev–Trinajstić information content (AvgIpc) is 2.57. The number of anilines is 1. The number of benzene rings is 2. The van der Waals surface area contributed by atoms with Crippen LogP contribution in [0.2, 0.25) is 0 Å². The minimum Gasteiger partial charge on any atom is -0.494 e. The summed E-state index contributed by atoms with van der Waals surface area (Å²) in [4.78, 5) is 14.5. The molecule has 2 aromatic rings. The quantitative estimate of drug-likeness (QED) is 0.841. The highest BCUT2D eigenvalue weighted by Crippen LogP contribution is 2.23. The summed E-state index contributed by atoms with van der Waals surface area (Å²) >= 11 is 0. The molecule has 0 heterocycles. The second kappa shape index (κ2) is 8.32. The molecule has 140 valence electrons. The SMILES string of the molecule is COc1ccc(CN(C)[C@@H](C)C(=O)Nc2c(C)cc(C)cc2C)cc1F. The van der Waals surface area contributed by atoms with Crippen molar-refractivity contribution in [1.82, 2.24) is 4.90 Å². The number of nitrogens with zero attached hydrogens (tertiary/aromatic N) is 1. The van der Waals surface area contributed by atoms with Gasteiger partial charge in [0.2, 0.25) is 5.91 Å². The van der Waals surface area contributed by atoms with Gasteiger partial charge in [-0.1, -0.05) is 23.8 Å². The summed E-state index contributed by atoms with van der Waals surface area (Å²) < 4.78 is 18.8. The Labute approximate surface area is 155 Å². The first kappa shape index (κ1) is 19.9. The third-order valence-corrected chi connectivity index (χ3v) is 4.61. The number of rotatable bonds is 6. The van der Waals surface area contributed by atoms with Gasteiger partial charge in [-0.15, -0.1) is 0 Å². The molecule has 0 aliphatic heterocycles. The van der Waals surface area contributed by atoms with Crippen LogP contribution in [-0.4, -0.2) is 31.0 Å². The van der Waals surface area contributed by atoms with E-state index in [1.807, 2.05) is 39.6 Å². The predicted molar refractivity (Wildman–Crippen MR) is 103 cm³/mol. The van der Waals surface area contributed by atoms with E-state index >= 15 is 0 Å². The van der Waals surface area contributed by atoms with Crippen molar-refractivity contribution in [2.24, 2.45) is 0 Å². The van der Waals surface area contributed by atoms with Crippen LogP contribution in [0.3, 0.4) is 0 Å². The number of halogens is 1. The standard InChI is InChI=1S/C21H27FN2O2/c1-13-9-14(2)20(15(3)10-13)23-21(25)16(4)24(5)12-17-7-8-19(26-6)18(22)11-17/h7-11,16H,12H2,1-6H3,(H,23,25)/t16-/m0/s1. The maximum atomic E-state index is 13.8. The molecule has 1 N–H and O–H groups in total. The van der Waals surface area contributed by atoms with Gasteiger partial charge in [0.1, 0.15) is 0 Å². The minimum atomic E-state index is -0.401. The van der Waals surface area contributed by atoms with Gasteiger partial charge in [-0.3, -0.25) is 9.69 Å². The van der Waals surface area contributed by atoms with Gasteiger partial charge >= 0.3 is 0 Å². The first-order valence-electron chi connectivity index (χ1n) is 8.64. The molecule has 0 aromatic heterocycles. The van der Waals surface area contributed by atoms with Crippen LogP contribution in [0.1, 0.15) is 29.2 Å². The summed E-state index contributed by atoms with van der Waals surface area (Å²) in [5.74, 6) is -0.273. The number of carbonyl (C=O) groups is 1. The van der Waals surface area contributed by atoms with E-state index in [4.69, 9.17) is 4.74 Å². The number of aryl methyl sites for hydroxylation is 3. The zero-order valence-corrected chi connectivity index (χ0v) is 16.3. The van der Waals surface area contributed by atoms with Crippen molar-refractivity contribution in [3.8, 4) is 5.75 Å². The highest BCUT2D eigenvalue weighted by molar-refractivity contribution is 5.95. The number of likely N-dealkylation sites (N-methyl/N-ethyl adjacent to an activating group) is 1. The Morgan fingerprint density at radius 3 is 2.35 bits per heavy atom. The largest absolute Gasteiger partial charge is 0.494 e. The zero-order valence-electron chi connectivity index (χ0n) is 16.3. The minimum absolute atomic E-state index is 0.0865. The van der Waals surface area contributed by atoms with Gasteiger partial charge < -0.3 is 10.1 Å². The van der Waals surface area contributed by atoms with Crippen molar-refractivity contribution in [2.45, 2.75) is 40.3 Å². The van der Waals surface area contributed by atoms with Crippen LogP contribution < -0.4 is 10.1 Å². The lowest BCUT2D eigenvalue weighted by atomic mass is 10.0. The highest BCUT2D eigenvalue weighted by atomic mass is 19.1. The number of ether oxygens (including phenoxy) is 1. The molecule has 0 saturated heterocycles. The second-order valence-electron chi connectivity index (χ2n) is 6.82. The lowest BCUT2D eigenvalue weighted by molar-refractivity contribution is -0.120. The first-order chi connectivity index (χ1) is 12.2. The van der Waals surface area contributed by atoms with Crippen molar-refractivity contribution in [2.75, 3.05) is 19.5 Å². The van der Waals surface area contributed by atoms with Crippen molar-refractivity contribution in [3.05, 3.63) is 58.4 Å². The molecule has 0 saturated carbocycles. The van der Waals surface area contributed by atoms with E-state index in [-0.39, 0.29) is 17.7 Å². The molecule has 0 unspecified atom stereocenters. The van der Waals surface area contributed by atoms with Gasteiger partial charge in [0, 0.05) is 12.2 Å². The Morgan fingerprint density at radius 1 is 1.19 bits per heavy atom. The van der Waals surface area contributed by atoms with Crippen LogP contribution >= 0.6 is 0 Å². The van der Waals surface area contributed by atoms with Gasteiger partial charge in [0.05, 0.1) is 13.2 Å². The number of hydrogen-bond donors (Lipinski definition) is 1. The van der Waals surface area contributed by atoms with E-state index in [2.05, 4.69) is 17.4 Å². The molecular weight excluding hydrogens is 331 g/mol. The molecule has 0 aliphatic rings. The summed E-state index contributed by atoms with van der Waals surface area (Å²) in [6.45, 7) is 8.32. The molecule has 0 spiro atoms. The lowest BCUT2D eigenvalue weighted by Crippen LogP contribution is -2.39. The predicted octanol–water partition coefficient (Wildman–Crippen LogP) is 4.22. The molecule has 26 heavy (non-hydrogen) atoms. The average molecular weight is 358 g/mol. The summed E-state index contributed by atoms with van der Waals surface area (Å²) in [6, 6.07) is 8.59. The van der Waals surface area contributed by atoms with Crippen molar-refractivity contribution < 1.29 is 13.9 Å². The fourth-order valence-electron chi connectivity index (χ4n) is 3.04. The molecule has 0 fully saturated rings. The number of amides is 1. The lowest BCUT2D eigenvalue weighted by Gasteiger charge is -2.25. The van der Waals surface area contributed by atoms with E-state index < -0.39 is 5.82 Å². The Morgan fingerprint density at radius 2 is 1.81 bits per heavy atom. The summed E-state index contributed by atoms with van der Waals surface area (Å²) in [7, 11) is 3.28. The maximum absolute atomic E-state index is 13.8. The molecular formula is C21H27FN2O2. The second-order valence-corrected chi connectivity index (χ2v) is 6.82. The number of methoxy groups -OCH3 is 1. The van der Waals surface area contributed by atoms with Gasteiger partial charge in [0.15, 0.2) is 11.6 Å². The maximum Gasteiger partial charge on any atom is 0.241 e. The fraction of sp³-hybridized carbons (Fsp3) is 0.381. The van der Waals surface area contributed by atoms with Crippen molar-refractivity contribution >= 4 is 11.6 Å². The van der Waals surface area contributed by atoms with E-state index in [0.717, 1.165) is 22.4 Å². The molecule has 1 atom stereocenters. The van der Waals surface area contributed by atoms with Crippen LogP contribution in [0.5, 0.6) is 5.75 Å². The summed E-state index contributed by atoms with van der Waals surface area (Å²) in [5, 5.41) is 3.03. The Hall–Kier alpha value is -2.40. The van der Waals surface area contributed by atoms with E-state index in [1.54, 1.807) is 12.1 Å². The normalized spacial score (nSPS) is 12.2. The first-order valence-corrected chi connectivity index (χ1v) is 8.64. The van der Waals surface area contributed by atoms with Gasteiger partial charge in [-0.05, 0) is 63.6 Å². The Kier molecular flexibility index (Phi) is 6.37. The van der Waals surface area contributed by atoms with Gasteiger partial charge in [0.25, 0.3) is 0 Å². The van der Waals surface area contributed by atoms with Crippen molar-refractivity contribution in [3.63, 3.8) is 0 Å². The van der Waals surface area contributed by atoms with Crippen LogP contribution in [0, 0.1) is 26.6 Å². The zero-order chi connectivity index (χ0) is 19.4. The topological polar surface area (TPSA) is 41.6 Å². The molecule has 4 nitrogen and oxygen atoms in total. The molecule has 1 amide bonds. The number of hydrogen-bond acceptors (Lipinski definition) is 3. The summed E-state index contributed by atoms with van der Waals surface area (Å²) in [6.07, 6.45) is 0. The van der Waals surface area contributed by atoms with E-state index in [9.17, 15) is 9.18 Å². The molecule has 0 aliphatic carbocycles. The smallest absolute Gasteiger partial charge is 0.241 e. The highest BCUT2D eigenvalue weighted by Gasteiger charge is 2.20. The van der Waals surface area contributed by atoms with Gasteiger partial charge in [-0.25, -0.2) is 4.39 Å². The Balaban J connectivity index is 2.07. The van der Waals surface area contributed by atoms with Crippen molar-refractivity contribution in [1.29, 1.82) is 0 Å². The van der Waals surface area contributed by atoms with Crippen LogP contribution in [0.15, 0.2) is 30.3 Å². The molecule has 0 radical (unpaired) electrons. The third-order valence-electron chi connectivity index (χ3n) is 4.61. The molecule has 2 aromatic carbocycles.